The van der Waals surface area contributed by atoms with E-state index in [2.05, 4.69) is 4.74 Å². The zero-order chi connectivity index (χ0) is 12.3. The second-order valence-electron chi connectivity index (χ2n) is 3.08. The molecule has 0 fully saturated rings. The van der Waals surface area contributed by atoms with E-state index in [4.69, 9.17) is 10.8 Å². The Bertz CT molecular complexity index is 429. The number of aliphatic carboxylic acids is 1. The molecule has 4 N–H and O–H groups in total. The van der Waals surface area contributed by atoms with Gasteiger partial charge in [-0.2, -0.15) is 0 Å². The van der Waals surface area contributed by atoms with E-state index in [1.54, 1.807) is 0 Å². The van der Waals surface area contributed by atoms with Crippen LogP contribution in [0.4, 0.5) is 0 Å². The molecule has 1 rings (SSSR count). The summed E-state index contributed by atoms with van der Waals surface area (Å²) in [7, 11) is 1.18. The first kappa shape index (κ1) is 12.0. The third kappa shape index (κ3) is 2.29. The number of nitrogens with two attached hydrogens (primary N) is 1. The predicted molar refractivity (Wildman–Crippen MR) is 54.0 cm³/mol. The molecule has 1 aromatic carbocycles. The van der Waals surface area contributed by atoms with Crippen LogP contribution in [0.25, 0.3) is 0 Å². The normalized spacial score (nSPS) is 11.9. The van der Waals surface area contributed by atoms with Crippen LogP contribution in [0.1, 0.15) is 22.0 Å². The van der Waals surface area contributed by atoms with Gasteiger partial charge in [0.05, 0.1) is 7.11 Å². The number of esters is 1. The maximum absolute atomic E-state index is 11.1. The van der Waals surface area contributed by atoms with E-state index in [9.17, 15) is 14.7 Å². The molecule has 0 saturated heterocycles. The zero-order valence-electron chi connectivity index (χ0n) is 8.51. The van der Waals surface area contributed by atoms with Gasteiger partial charge in [-0.1, -0.05) is 6.07 Å². The molecule has 16 heavy (non-hydrogen) atoms. The van der Waals surface area contributed by atoms with E-state index in [0.717, 1.165) is 6.07 Å². The van der Waals surface area contributed by atoms with Crippen LogP contribution in [0.5, 0.6) is 5.75 Å². The van der Waals surface area contributed by atoms with Crippen LogP contribution in [0.15, 0.2) is 18.2 Å². The van der Waals surface area contributed by atoms with Crippen LogP contribution in [0, 0.1) is 0 Å². The molecule has 0 saturated carbocycles. The summed E-state index contributed by atoms with van der Waals surface area (Å²) in [5.74, 6) is -2.28. The molecule has 0 aromatic heterocycles. The zero-order valence-corrected chi connectivity index (χ0v) is 8.51. The number of methoxy groups -OCH3 is 1. The topological polar surface area (TPSA) is 110 Å². The number of carboxylic acid groups (broad SMARTS) is 1. The monoisotopic (exact) mass is 225 g/mol. The fourth-order valence-corrected chi connectivity index (χ4v) is 1.17. The Kier molecular flexibility index (Phi) is 3.47. The van der Waals surface area contributed by atoms with Gasteiger partial charge in [0, 0.05) is 0 Å². The number of ether oxygens (including phenoxy) is 1. The number of carboxylic acids is 1. The molecular formula is C10H11NO5. The Morgan fingerprint density at radius 1 is 1.44 bits per heavy atom. The minimum atomic E-state index is -1.24. The fraction of sp³-hybridized carbons (Fsp3) is 0.200. The summed E-state index contributed by atoms with van der Waals surface area (Å²) >= 11 is 0. The highest BCUT2D eigenvalue weighted by molar-refractivity contribution is 5.92. The van der Waals surface area contributed by atoms with Gasteiger partial charge in [0.1, 0.15) is 17.4 Å². The quantitative estimate of drug-likeness (QED) is 0.636. The van der Waals surface area contributed by atoms with Gasteiger partial charge in [-0.15, -0.1) is 0 Å². The third-order valence-electron chi connectivity index (χ3n) is 2.05. The minimum Gasteiger partial charge on any atom is -0.507 e. The van der Waals surface area contributed by atoms with Crippen molar-refractivity contribution < 1.29 is 24.5 Å². The molecule has 0 spiro atoms. The lowest BCUT2D eigenvalue weighted by molar-refractivity contribution is -0.138. The Morgan fingerprint density at radius 2 is 2.06 bits per heavy atom. The summed E-state index contributed by atoms with van der Waals surface area (Å²) < 4.78 is 4.42. The smallest absolute Gasteiger partial charge is 0.341 e. The van der Waals surface area contributed by atoms with Crippen molar-refractivity contribution in [1.29, 1.82) is 0 Å². The van der Waals surface area contributed by atoms with E-state index in [1.165, 1.54) is 19.2 Å². The molecule has 0 aliphatic rings. The van der Waals surface area contributed by atoms with Gasteiger partial charge < -0.3 is 20.7 Å². The molecule has 0 aliphatic carbocycles. The van der Waals surface area contributed by atoms with Gasteiger partial charge in [-0.25, -0.2) is 4.79 Å². The first-order valence-electron chi connectivity index (χ1n) is 4.37. The third-order valence-corrected chi connectivity index (χ3v) is 2.05. The number of hydrogen-bond acceptors (Lipinski definition) is 5. The molecule has 1 aromatic rings. The second kappa shape index (κ2) is 4.63. The van der Waals surface area contributed by atoms with E-state index in [1.807, 2.05) is 0 Å². The van der Waals surface area contributed by atoms with E-state index >= 15 is 0 Å². The van der Waals surface area contributed by atoms with Gasteiger partial charge in [0.15, 0.2) is 0 Å². The highest BCUT2D eigenvalue weighted by Crippen LogP contribution is 2.22. The van der Waals surface area contributed by atoms with Gasteiger partial charge in [-0.3, -0.25) is 4.79 Å². The second-order valence-corrected chi connectivity index (χ2v) is 3.08. The lowest BCUT2D eigenvalue weighted by Gasteiger charge is -2.09. The average Bonchev–Trinajstić information content (AvgIpc) is 2.26. The standard InChI is InChI=1S/C10H11NO5/c1-16-10(15)6-3-2-5(4-7(6)12)8(11)9(13)14/h2-4,8,12H,11H2,1H3,(H,13,14). The average molecular weight is 225 g/mol. The number of carbonyl (C=O) groups excluding carboxylic acids is 1. The highest BCUT2D eigenvalue weighted by atomic mass is 16.5. The number of rotatable bonds is 3. The summed E-state index contributed by atoms with van der Waals surface area (Å²) in [6, 6.07) is 2.51. The van der Waals surface area contributed by atoms with Crippen molar-refractivity contribution in [2.75, 3.05) is 7.11 Å². The van der Waals surface area contributed by atoms with Crippen LogP contribution in [0.2, 0.25) is 0 Å². The Morgan fingerprint density at radius 3 is 2.50 bits per heavy atom. The first-order valence-corrected chi connectivity index (χ1v) is 4.37. The summed E-state index contributed by atoms with van der Waals surface area (Å²) in [6.07, 6.45) is 0. The number of carbonyl (C=O) groups is 2. The van der Waals surface area contributed by atoms with Crippen LogP contribution >= 0.6 is 0 Å². The minimum absolute atomic E-state index is 0.0381. The molecule has 6 nitrogen and oxygen atoms in total. The van der Waals surface area contributed by atoms with Gasteiger partial charge in [0.2, 0.25) is 0 Å². The molecule has 0 heterocycles. The first-order chi connectivity index (χ1) is 7.47. The Balaban J connectivity index is 3.08. The van der Waals surface area contributed by atoms with Crippen molar-refractivity contribution in [3.8, 4) is 5.75 Å². The summed E-state index contributed by atoms with van der Waals surface area (Å²) in [5, 5.41) is 18.1. The summed E-state index contributed by atoms with van der Waals surface area (Å²) in [6.45, 7) is 0. The molecular weight excluding hydrogens is 214 g/mol. The number of hydrogen-bond donors (Lipinski definition) is 3. The van der Waals surface area contributed by atoms with Crippen LogP contribution < -0.4 is 5.73 Å². The van der Waals surface area contributed by atoms with Crippen molar-refractivity contribution in [2.24, 2.45) is 5.73 Å². The molecule has 0 aliphatic heterocycles. The maximum Gasteiger partial charge on any atom is 0.341 e. The number of phenols is 1. The Hall–Kier alpha value is -2.08. The molecule has 0 radical (unpaired) electrons. The predicted octanol–water partition coefficient (Wildman–Crippen LogP) is 0.263. The molecule has 6 heteroatoms. The fourth-order valence-electron chi connectivity index (χ4n) is 1.17. The van der Waals surface area contributed by atoms with Crippen LogP contribution in [-0.2, 0) is 9.53 Å². The van der Waals surface area contributed by atoms with Crippen molar-refractivity contribution in [1.82, 2.24) is 0 Å². The number of benzene rings is 1. The molecule has 0 bridgehead atoms. The largest absolute Gasteiger partial charge is 0.507 e. The maximum atomic E-state index is 11.1. The van der Waals surface area contributed by atoms with Gasteiger partial charge in [0.25, 0.3) is 0 Å². The molecule has 1 atom stereocenters. The van der Waals surface area contributed by atoms with Crippen LogP contribution in [-0.4, -0.2) is 29.3 Å². The molecule has 86 valence electrons. The highest BCUT2D eigenvalue weighted by Gasteiger charge is 2.18. The lowest BCUT2D eigenvalue weighted by atomic mass is 10.0. The van der Waals surface area contributed by atoms with Gasteiger partial charge >= 0.3 is 11.9 Å². The van der Waals surface area contributed by atoms with E-state index in [-0.39, 0.29) is 16.9 Å². The van der Waals surface area contributed by atoms with Crippen molar-refractivity contribution in [3.63, 3.8) is 0 Å². The van der Waals surface area contributed by atoms with Crippen molar-refractivity contribution in [3.05, 3.63) is 29.3 Å². The molecule has 0 amide bonds. The van der Waals surface area contributed by atoms with Crippen molar-refractivity contribution >= 4 is 11.9 Å². The van der Waals surface area contributed by atoms with Crippen LogP contribution in [0.3, 0.4) is 0 Å². The van der Waals surface area contributed by atoms with E-state index < -0.39 is 18.0 Å². The Labute approximate surface area is 91.3 Å². The SMILES string of the molecule is COC(=O)c1ccc(C(N)C(=O)O)cc1O. The molecule has 1 unspecified atom stereocenters. The lowest BCUT2D eigenvalue weighted by Crippen LogP contribution is -2.20. The van der Waals surface area contributed by atoms with Crippen molar-refractivity contribution in [2.45, 2.75) is 6.04 Å². The van der Waals surface area contributed by atoms with Gasteiger partial charge in [-0.05, 0) is 17.7 Å². The number of phenolic OH excluding ortho intramolecular Hbond substituents is 1. The van der Waals surface area contributed by atoms with E-state index in [0.29, 0.717) is 0 Å². The summed E-state index contributed by atoms with van der Waals surface area (Å²) in [5.41, 5.74) is 5.51. The summed E-state index contributed by atoms with van der Waals surface area (Å²) in [4.78, 5) is 21.7. The number of aromatic hydroxyl groups is 1.